The molecule has 5 heteroatoms. The van der Waals surface area contributed by atoms with Crippen LogP contribution in [0.4, 0.5) is 0 Å². The number of amides is 1. The molecule has 0 atom stereocenters. The first-order chi connectivity index (χ1) is 9.01. The van der Waals surface area contributed by atoms with Crippen LogP contribution in [-0.2, 0) is 0 Å². The van der Waals surface area contributed by atoms with Crippen molar-refractivity contribution in [3.63, 3.8) is 0 Å². The third kappa shape index (κ3) is 2.19. The van der Waals surface area contributed by atoms with E-state index in [1.807, 2.05) is 0 Å². The molecule has 102 valence electrons. The van der Waals surface area contributed by atoms with Gasteiger partial charge in [0.2, 0.25) is 0 Å². The maximum absolute atomic E-state index is 12.5. The van der Waals surface area contributed by atoms with E-state index >= 15 is 0 Å². The van der Waals surface area contributed by atoms with Crippen molar-refractivity contribution in [2.45, 2.75) is 25.7 Å². The van der Waals surface area contributed by atoms with E-state index in [1.165, 1.54) is 31.4 Å². The zero-order valence-corrected chi connectivity index (χ0v) is 12.0. The lowest BCUT2D eigenvalue weighted by molar-refractivity contribution is 0.0729. The summed E-state index contributed by atoms with van der Waals surface area (Å²) >= 11 is 11.8. The minimum Gasteiger partial charge on any atom is -0.507 e. The molecule has 3 rings (SSSR count). The van der Waals surface area contributed by atoms with Gasteiger partial charge < -0.3 is 10.0 Å². The average Bonchev–Trinajstić information content (AvgIpc) is 2.71. The number of likely N-dealkylation sites (tertiary alicyclic amines) is 1. The zero-order valence-electron chi connectivity index (χ0n) is 10.5. The molecule has 1 aliphatic heterocycles. The predicted molar refractivity (Wildman–Crippen MR) is 74.9 cm³/mol. The predicted octanol–water partition coefficient (Wildman–Crippen LogP) is 3.72. The van der Waals surface area contributed by atoms with Gasteiger partial charge in [0.15, 0.2) is 0 Å². The molecule has 1 saturated carbocycles. The van der Waals surface area contributed by atoms with Crippen molar-refractivity contribution in [3.8, 4) is 5.75 Å². The van der Waals surface area contributed by atoms with Gasteiger partial charge in [-0.3, -0.25) is 4.79 Å². The fraction of sp³-hybridized carbons (Fsp3) is 0.500. The van der Waals surface area contributed by atoms with Gasteiger partial charge in [-0.05, 0) is 36.8 Å². The van der Waals surface area contributed by atoms with Crippen LogP contribution in [0.3, 0.4) is 0 Å². The molecule has 0 bridgehead atoms. The number of phenolic OH excluding ortho intramolecular Hbond substituents is 1. The maximum atomic E-state index is 12.5. The van der Waals surface area contributed by atoms with Crippen LogP contribution in [-0.4, -0.2) is 29.0 Å². The first-order valence-electron chi connectivity index (χ1n) is 6.48. The monoisotopic (exact) mass is 299 g/mol. The van der Waals surface area contributed by atoms with Gasteiger partial charge in [-0.1, -0.05) is 29.6 Å². The summed E-state index contributed by atoms with van der Waals surface area (Å²) in [5.41, 5.74) is 0.506. The number of halogens is 2. The van der Waals surface area contributed by atoms with Gasteiger partial charge in [-0.15, -0.1) is 0 Å². The normalized spacial score (nSPS) is 20.6. The number of benzene rings is 1. The molecule has 1 aliphatic carbocycles. The van der Waals surface area contributed by atoms with Crippen molar-refractivity contribution in [2.24, 2.45) is 5.41 Å². The standard InChI is InChI=1S/C14H15Cl2NO2/c15-9-6-10(16)12(11(18)7-9)13(19)17-5-4-14(8-17)2-1-3-14/h6-7,18H,1-5,8H2. The Morgan fingerprint density at radius 1 is 1.26 bits per heavy atom. The Kier molecular flexibility index (Phi) is 3.14. The van der Waals surface area contributed by atoms with Crippen LogP contribution in [0.25, 0.3) is 0 Å². The number of aromatic hydroxyl groups is 1. The molecule has 2 fully saturated rings. The van der Waals surface area contributed by atoms with Crippen molar-refractivity contribution in [3.05, 3.63) is 27.7 Å². The highest BCUT2D eigenvalue weighted by Gasteiger charge is 2.44. The van der Waals surface area contributed by atoms with Crippen molar-refractivity contribution in [2.75, 3.05) is 13.1 Å². The topological polar surface area (TPSA) is 40.5 Å². The van der Waals surface area contributed by atoms with E-state index in [-0.39, 0.29) is 22.2 Å². The zero-order chi connectivity index (χ0) is 13.6. The van der Waals surface area contributed by atoms with Crippen LogP contribution in [0.5, 0.6) is 5.75 Å². The lowest BCUT2D eigenvalue weighted by atomic mass is 9.68. The van der Waals surface area contributed by atoms with E-state index in [2.05, 4.69) is 0 Å². The summed E-state index contributed by atoms with van der Waals surface area (Å²) in [6.45, 7) is 1.53. The van der Waals surface area contributed by atoms with Crippen molar-refractivity contribution in [1.29, 1.82) is 0 Å². The molecule has 19 heavy (non-hydrogen) atoms. The molecular formula is C14H15Cl2NO2. The van der Waals surface area contributed by atoms with Crippen LogP contribution in [0, 0.1) is 5.41 Å². The van der Waals surface area contributed by atoms with E-state index in [4.69, 9.17) is 23.2 Å². The summed E-state index contributed by atoms with van der Waals surface area (Å²) in [5.74, 6) is -0.333. The molecule has 1 aromatic rings. The number of carbonyl (C=O) groups excluding carboxylic acids is 1. The van der Waals surface area contributed by atoms with Gasteiger partial charge in [0.25, 0.3) is 5.91 Å². The van der Waals surface area contributed by atoms with Gasteiger partial charge in [-0.25, -0.2) is 0 Å². The lowest BCUT2D eigenvalue weighted by Crippen LogP contribution is -2.35. The summed E-state index contributed by atoms with van der Waals surface area (Å²) in [6, 6.07) is 2.85. The number of rotatable bonds is 1. The maximum Gasteiger partial charge on any atom is 0.259 e. The summed E-state index contributed by atoms with van der Waals surface area (Å²) in [4.78, 5) is 14.3. The highest BCUT2D eigenvalue weighted by atomic mass is 35.5. The van der Waals surface area contributed by atoms with E-state index < -0.39 is 0 Å². The van der Waals surface area contributed by atoms with Crippen LogP contribution >= 0.6 is 23.2 Å². The summed E-state index contributed by atoms with van der Waals surface area (Å²) in [5, 5.41) is 10.4. The van der Waals surface area contributed by atoms with E-state index in [1.54, 1.807) is 4.90 Å². The average molecular weight is 300 g/mol. The Labute approximate surface area is 122 Å². The van der Waals surface area contributed by atoms with Crippen LogP contribution in [0.15, 0.2) is 12.1 Å². The second-order valence-electron chi connectivity index (χ2n) is 5.61. The number of nitrogens with zero attached hydrogens (tertiary/aromatic N) is 1. The quantitative estimate of drug-likeness (QED) is 0.858. The minimum absolute atomic E-state index is 0.142. The van der Waals surface area contributed by atoms with Gasteiger partial charge in [-0.2, -0.15) is 0 Å². The third-order valence-electron chi connectivity index (χ3n) is 4.39. The Morgan fingerprint density at radius 2 is 2.00 bits per heavy atom. The molecule has 3 nitrogen and oxygen atoms in total. The molecule has 1 amide bonds. The highest BCUT2D eigenvalue weighted by molar-refractivity contribution is 6.37. The molecule has 0 radical (unpaired) electrons. The highest BCUT2D eigenvalue weighted by Crippen LogP contribution is 2.48. The van der Waals surface area contributed by atoms with Gasteiger partial charge in [0, 0.05) is 18.1 Å². The van der Waals surface area contributed by atoms with Gasteiger partial charge in [0.1, 0.15) is 5.75 Å². The molecule has 0 aromatic heterocycles. The lowest BCUT2D eigenvalue weighted by Gasteiger charge is -2.38. The smallest absolute Gasteiger partial charge is 0.259 e. The largest absolute Gasteiger partial charge is 0.507 e. The number of phenols is 1. The Hall–Kier alpha value is -0.930. The summed E-state index contributed by atoms with van der Waals surface area (Å²) < 4.78 is 0. The molecule has 1 saturated heterocycles. The Bertz CT molecular complexity index is 517. The first-order valence-corrected chi connectivity index (χ1v) is 7.24. The van der Waals surface area contributed by atoms with Crippen molar-refractivity contribution in [1.82, 2.24) is 4.90 Å². The van der Waals surface area contributed by atoms with Crippen LogP contribution in [0.1, 0.15) is 36.0 Å². The van der Waals surface area contributed by atoms with Gasteiger partial charge >= 0.3 is 0 Å². The minimum atomic E-state index is -0.192. The summed E-state index contributed by atoms with van der Waals surface area (Å²) in [6.07, 6.45) is 4.73. The van der Waals surface area contributed by atoms with E-state index in [9.17, 15) is 9.90 Å². The number of carbonyl (C=O) groups is 1. The number of hydrogen-bond acceptors (Lipinski definition) is 2. The van der Waals surface area contributed by atoms with Crippen molar-refractivity contribution >= 4 is 29.1 Å². The molecule has 1 spiro atoms. The van der Waals surface area contributed by atoms with Crippen LogP contribution < -0.4 is 0 Å². The fourth-order valence-corrected chi connectivity index (χ4v) is 3.69. The van der Waals surface area contributed by atoms with Crippen LogP contribution in [0.2, 0.25) is 10.0 Å². The fourth-order valence-electron chi connectivity index (χ4n) is 3.12. The Balaban J connectivity index is 1.85. The second kappa shape index (κ2) is 4.57. The second-order valence-corrected chi connectivity index (χ2v) is 6.46. The van der Waals surface area contributed by atoms with E-state index in [0.717, 1.165) is 19.5 Å². The van der Waals surface area contributed by atoms with E-state index in [0.29, 0.717) is 10.4 Å². The third-order valence-corrected chi connectivity index (χ3v) is 4.90. The SMILES string of the molecule is O=C(c1c(O)cc(Cl)cc1Cl)N1CCC2(CCC2)C1. The Morgan fingerprint density at radius 3 is 2.53 bits per heavy atom. The molecule has 1 aromatic carbocycles. The molecule has 2 aliphatic rings. The molecule has 1 heterocycles. The molecular weight excluding hydrogens is 285 g/mol. The first kappa shape index (κ1) is 13.1. The molecule has 0 unspecified atom stereocenters. The van der Waals surface area contributed by atoms with Crippen molar-refractivity contribution < 1.29 is 9.90 Å². The number of hydrogen-bond donors (Lipinski definition) is 1. The van der Waals surface area contributed by atoms with Gasteiger partial charge in [0.05, 0.1) is 10.6 Å². The summed E-state index contributed by atoms with van der Waals surface area (Å²) in [7, 11) is 0. The molecule has 1 N–H and O–H groups in total.